The van der Waals surface area contributed by atoms with Gasteiger partial charge in [-0.05, 0) is 19.3 Å². The van der Waals surface area contributed by atoms with Crippen molar-refractivity contribution in [2.24, 2.45) is 0 Å². The Hall–Kier alpha value is -0.920. The van der Waals surface area contributed by atoms with Gasteiger partial charge in [0, 0.05) is 6.54 Å². The first-order valence-electron chi connectivity index (χ1n) is 5.62. The van der Waals surface area contributed by atoms with Crippen LogP contribution >= 0.6 is 0 Å². The molecule has 0 aromatic carbocycles. The molecule has 1 saturated carbocycles. The maximum absolute atomic E-state index is 13.0. The number of alkyl halides is 5. The highest BCUT2D eigenvalue weighted by molar-refractivity contribution is 5.85. The number of amides is 1. The first-order chi connectivity index (χ1) is 8.25. The maximum atomic E-state index is 13.0. The van der Waals surface area contributed by atoms with Crippen LogP contribution in [0, 0.1) is 0 Å². The smallest absolute Gasteiger partial charge is 0.374 e. The molecule has 0 aromatic rings. The van der Waals surface area contributed by atoms with Crippen molar-refractivity contribution in [3.63, 3.8) is 0 Å². The lowest BCUT2D eigenvalue weighted by Crippen LogP contribution is -2.59. The Bertz CT molecular complexity index is 344. The molecule has 2 unspecified atom stereocenters. The van der Waals surface area contributed by atoms with Gasteiger partial charge in [-0.1, -0.05) is 0 Å². The van der Waals surface area contributed by atoms with Crippen molar-refractivity contribution in [2.75, 3.05) is 13.2 Å². The van der Waals surface area contributed by atoms with Crippen LogP contribution in [0.3, 0.4) is 0 Å². The second-order valence-corrected chi connectivity index (χ2v) is 4.48. The SMILES string of the molecule is O=C(N1CCOC2CCCC21)C(F)(F)C(F)(F)F. The van der Waals surface area contributed by atoms with Crippen molar-refractivity contribution < 1.29 is 31.5 Å². The van der Waals surface area contributed by atoms with Gasteiger partial charge in [0.2, 0.25) is 0 Å². The number of hydrogen-bond donors (Lipinski definition) is 0. The molecule has 2 fully saturated rings. The van der Waals surface area contributed by atoms with E-state index in [9.17, 15) is 26.7 Å². The number of ether oxygens (including phenoxy) is 1. The molecule has 1 heterocycles. The van der Waals surface area contributed by atoms with Gasteiger partial charge in [-0.25, -0.2) is 0 Å². The van der Waals surface area contributed by atoms with Gasteiger partial charge in [-0.3, -0.25) is 4.79 Å². The summed E-state index contributed by atoms with van der Waals surface area (Å²) in [7, 11) is 0. The first-order valence-corrected chi connectivity index (χ1v) is 5.62. The molecule has 18 heavy (non-hydrogen) atoms. The van der Waals surface area contributed by atoms with Crippen molar-refractivity contribution in [2.45, 2.75) is 43.5 Å². The molecule has 2 rings (SSSR count). The molecule has 0 spiro atoms. The van der Waals surface area contributed by atoms with E-state index in [1.807, 2.05) is 0 Å². The number of rotatable bonds is 1. The summed E-state index contributed by atoms with van der Waals surface area (Å²) >= 11 is 0. The van der Waals surface area contributed by atoms with E-state index in [-0.39, 0.29) is 13.2 Å². The van der Waals surface area contributed by atoms with E-state index in [2.05, 4.69) is 0 Å². The Morgan fingerprint density at radius 1 is 1.17 bits per heavy atom. The van der Waals surface area contributed by atoms with Crippen LogP contribution in [-0.4, -0.2) is 48.2 Å². The highest BCUT2D eigenvalue weighted by atomic mass is 19.4. The van der Waals surface area contributed by atoms with E-state index in [1.54, 1.807) is 0 Å². The summed E-state index contributed by atoms with van der Waals surface area (Å²) in [5.41, 5.74) is 0. The van der Waals surface area contributed by atoms with Gasteiger partial charge in [0.1, 0.15) is 0 Å². The lowest BCUT2D eigenvalue weighted by Gasteiger charge is -2.39. The summed E-state index contributed by atoms with van der Waals surface area (Å²) in [6, 6.07) is -0.653. The Morgan fingerprint density at radius 3 is 2.44 bits per heavy atom. The third-order valence-electron chi connectivity index (χ3n) is 3.37. The zero-order valence-corrected chi connectivity index (χ0v) is 9.34. The molecule has 3 nitrogen and oxygen atoms in total. The number of carbonyl (C=O) groups is 1. The van der Waals surface area contributed by atoms with Crippen LogP contribution in [0.5, 0.6) is 0 Å². The Kier molecular flexibility index (Phi) is 3.25. The molecule has 8 heteroatoms. The van der Waals surface area contributed by atoms with Gasteiger partial charge in [0.05, 0.1) is 18.8 Å². The summed E-state index contributed by atoms with van der Waals surface area (Å²) in [6.45, 7) is -0.216. The highest BCUT2D eigenvalue weighted by Gasteiger charge is 2.65. The number of morpholine rings is 1. The molecule has 1 aliphatic heterocycles. The molecular formula is C10H12F5NO2. The van der Waals surface area contributed by atoms with Gasteiger partial charge in [-0.15, -0.1) is 0 Å². The molecule has 1 aliphatic carbocycles. The average molecular weight is 273 g/mol. The maximum Gasteiger partial charge on any atom is 0.463 e. The lowest BCUT2D eigenvalue weighted by molar-refractivity contribution is -0.277. The lowest BCUT2D eigenvalue weighted by atomic mass is 10.1. The summed E-state index contributed by atoms with van der Waals surface area (Å²) in [4.78, 5) is 12.0. The van der Waals surface area contributed by atoms with E-state index in [0.717, 1.165) is 0 Å². The predicted molar refractivity (Wildman–Crippen MR) is 50.1 cm³/mol. The first kappa shape index (κ1) is 13.5. The number of hydrogen-bond acceptors (Lipinski definition) is 2. The van der Waals surface area contributed by atoms with Crippen LogP contribution in [0.15, 0.2) is 0 Å². The Balaban J connectivity index is 2.18. The van der Waals surface area contributed by atoms with Gasteiger partial charge in [0.15, 0.2) is 0 Å². The normalized spacial score (nSPS) is 29.3. The van der Waals surface area contributed by atoms with Crippen molar-refractivity contribution in [3.8, 4) is 0 Å². The molecule has 2 aliphatic rings. The quantitative estimate of drug-likeness (QED) is 0.683. The highest BCUT2D eigenvalue weighted by Crippen LogP contribution is 2.39. The number of halogens is 5. The second kappa shape index (κ2) is 4.32. The molecule has 1 amide bonds. The fourth-order valence-corrected chi connectivity index (χ4v) is 2.48. The molecule has 104 valence electrons. The van der Waals surface area contributed by atoms with Crippen LogP contribution in [0.4, 0.5) is 22.0 Å². The number of fused-ring (bicyclic) bond motifs is 1. The minimum absolute atomic E-state index is 0.000837. The number of carbonyl (C=O) groups excluding carboxylic acids is 1. The molecular weight excluding hydrogens is 261 g/mol. The Morgan fingerprint density at radius 2 is 1.83 bits per heavy atom. The largest absolute Gasteiger partial charge is 0.463 e. The van der Waals surface area contributed by atoms with Crippen molar-refractivity contribution in [3.05, 3.63) is 0 Å². The molecule has 1 saturated heterocycles. The van der Waals surface area contributed by atoms with Crippen LogP contribution in [0.1, 0.15) is 19.3 Å². The van der Waals surface area contributed by atoms with Crippen molar-refractivity contribution >= 4 is 5.91 Å². The summed E-state index contributed by atoms with van der Waals surface area (Å²) in [6.07, 6.45) is -4.60. The second-order valence-electron chi connectivity index (χ2n) is 4.48. The topological polar surface area (TPSA) is 29.5 Å². The van der Waals surface area contributed by atoms with Gasteiger partial charge in [-0.2, -0.15) is 22.0 Å². The summed E-state index contributed by atoms with van der Waals surface area (Å²) in [5, 5.41) is 0. The van der Waals surface area contributed by atoms with Gasteiger partial charge < -0.3 is 9.64 Å². The third kappa shape index (κ3) is 2.06. The molecule has 0 aromatic heterocycles. The molecule has 0 N–H and O–H groups in total. The van der Waals surface area contributed by atoms with Gasteiger partial charge in [0.25, 0.3) is 0 Å². The molecule has 0 bridgehead atoms. The number of nitrogens with zero attached hydrogens (tertiary/aromatic N) is 1. The van der Waals surface area contributed by atoms with Crippen LogP contribution in [-0.2, 0) is 9.53 Å². The van der Waals surface area contributed by atoms with Crippen molar-refractivity contribution in [1.29, 1.82) is 0 Å². The minimum Gasteiger partial charge on any atom is -0.374 e. The predicted octanol–water partition coefficient (Wildman–Crippen LogP) is 1.96. The molecule has 2 atom stereocenters. The zero-order chi connectivity index (χ0) is 13.6. The van der Waals surface area contributed by atoms with E-state index < -0.39 is 30.2 Å². The minimum atomic E-state index is -5.85. The van der Waals surface area contributed by atoms with E-state index in [4.69, 9.17) is 4.74 Å². The molecule has 0 radical (unpaired) electrons. The van der Waals surface area contributed by atoms with E-state index >= 15 is 0 Å². The van der Waals surface area contributed by atoms with Crippen LogP contribution < -0.4 is 0 Å². The van der Waals surface area contributed by atoms with E-state index in [1.165, 1.54) is 0 Å². The van der Waals surface area contributed by atoms with Gasteiger partial charge >= 0.3 is 18.0 Å². The van der Waals surface area contributed by atoms with E-state index in [0.29, 0.717) is 24.2 Å². The average Bonchev–Trinajstić information content (AvgIpc) is 2.73. The summed E-state index contributed by atoms with van der Waals surface area (Å²) in [5.74, 6) is -7.48. The summed E-state index contributed by atoms with van der Waals surface area (Å²) < 4.78 is 67.7. The van der Waals surface area contributed by atoms with Crippen LogP contribution in [0.25, 0.3) is 0 Å². The standard InChI is InChI=1S/C10H12F5NO2/c11-9(12,10(13,14)15)8(17)16-4-5-18-7-3-1-2-6(7)16/h6-7H,1-5H2. The fraction of sp³-hybridized carbons (Fsp3) is 0.900. The van der Waals surface area contributed by atoms with Crippen LogP contribution in [0.2, 0.25) is 0 Å². The zero-order valence-electron chi connectivity index (χ0n) is 9.34. The van der Waals surface area contributed by atoms with Crippen molar-refractivity contribution in [1.82, 2.24) is 4.90 Å². The fourth-order valence-electron chi connectivity index (χ4n) is 2.48. The third-order valence-corrected chi connectivity index (χ3v) is 3.37. The Labute approximate surface area is 99.9 Å². The monoisotopic (exact) mass is 273 g/mol.